The molecule has 2 aromatic carbocycles. The van der Waals surface area contributed by atoms with Crippen LogP contribution in [0.5, 0.6) is 0 Å². The van der Waals surface area contributed by atoms with E-state index in [-0.39, 0.29) is 23.9 Å². The summed E-state index contributed by atoms with van der Waals surface area (Å²) in [6, 6.07) is 10.6. The van der Waals surface area contributed by atoms with Crippen LogP contribution in [0.1, 0.15) is 21.5 Å². The first-order chi connectivity index (χ1) is 12.3. The van der Waals surface area contributed by atoms with E-state index in [1.807, 2.05) is 26.0 Å². The van der Waals surface area contributed by atoms with Gasteiger partial charge >= 0.3 is 0 Å². The topological polar surface area (TPSA) is 57.7 Å². The van der Waals surface area contributed by atoms with Gasteiger partial charge in [0.1, 0.15) is 5.82 Å². The lowest BCUT2D eigenvalue weighted by atomic mass is 10.0. The molecule has 138 valence electrons. The Morgan fingerprint density at radius 1 is 1.00 bits per heavy atom. The second kappa shape index (κ2) is 7.17. The van der Waals surface area contributed by atoms with Crippen LogP contribution in [0.4, 0.5) is 4.39 Å². The van der Waals surface area contributed by atoms with Gasteiger partial charge in [-0.25, -0.2) is 12.8 Å². The number of hydrogen-bond acceptors (Lipinski definition) is 3. The molecule has 1 aliphatic heterocycles. The van der Waals surface area contributed by atoms with Crippen LogP contribution in [0.2, 0.25) is 0 Å². The van der Waals surface area contributed by atoms with Crippen LogP contribution in [0, 0.1) is 19.7 Å². The van der Waals surface area contributed by atoms with Gasteiger partial charge in [-0.2, -0.15) is 4.31 Å². The Kier molecular flexibility index (Phi) is 5.11. The standard InChI is InChI=1S/C19H21FN2O3S/c1-14-5-3-8-18(15(14)2)19(23)21-9-11-22(12-10-21)26(24,25)17-7-4-6-16(20)13-17/h3-8,13H,9-12H2,1-2H3. The van der Waals surface area contributed by atoms with E-state index in [0.29, 0.717) is 18.7 Å². The third kappa shape index (κ3) is 3.50. The number of piperazine rings is 1. The monoisotopic (exact) mass is 376 g/mol. The maximum atomic E-state index is 13.4. The molecule has 26 heavy (non-hydrogen) atoms. The summed E-state index contributed by atoms with van der Waals surface area (Å²) in [6.07, 6.45) is 0. The zero-order chi connectivity index (χ0) is 18.9. The van der Waals surface area contributed by atoms with Gasteiger partial charge in [0.05, 0.1) is 4.90 Å². The molecule has 0 N–H and O–H groups in total. The highest BCUT2D eigenvalue weighted by Gasteiger charge is 2.31. The van der Waals surface area contributed by atoms with Gasteiger partial charge in [-0.05, 0) is 49.2 Å². The van der Waals surface area contributed by atoms with Gasteiger partial charge in [0.25, 0.3) is 5.91 Å². The Balaban J connectivity index is 1.73. The van der Waals surface area contributed by atoms with Crippen LogP contribution in [0.25, 0.3) is 0 Å². The molecule has 1 fully saturated rings. The summed E-state index contributed by atoms with van der Waals surface area (Å²) in [5.41, 5.74) is 2.63. The SMILES string of the molecule is Cc1cccc(C(=O)N2CCN(S(=O)(=O)c3cccc(F)c3)CC2)c1C. The first-order valence-electron chi connectivity index (χ1n) is 8.42. The molecule has 0 aliphatic carbocycles. The average molecular weight is 376 g/mol. The predicted molar refractivity (Wildman–Crippen MR) is 97.0 cm³/mol. The largest absolute Gasteiger partial charge is 0.336 e. The van der Waals surface area contributed by atoms with Gasteiger partial charge in [0, 0.05) is 31.7 Å². The van der Waals surface area contributed by atoms with E-state index in [9.17, 15) is 17.6 Å². The number of halogens is 1. The number of aryl methyl sites for hydroxylation is 1. The van der Waals surface area contributed by atoms with Crippen molar-refractivity contribution in [2.45, 2.75) is 18.7 Å². The fourth-order valence-corrected chi connectivity index (χ4v) is 4.52. The quantitative estimate of drug-likeness (QED) is 0.827. The van der Waals surface area contributed by atoms with Gasteiger partial charge in [-0.3, -0.25) is 4.79 Å². The van der Waals surface area contributed by atoms with Crippen molar-refractivity contribution in [2.75, 3.05) is 26.2 Å². The molecule has 3 rings (SSSR count). The second-order valence-corrected chi connectivity index (χ2v) is 8.34. The molecule has 0 aromatic heterocycles. The number of sulfonamides is 1. The van der Waals surface area contributed by atoms with Crippen molar-refractivity contribution >= 4 is 15.9 Å². The minimum absolute atomic E-state index is 0.0631. The molecule has 0 bridgehead atoms. The van der Waals surface area contributed by atoms with Crippen LogP contribution in [-0.2, 0) is 10.0 Å². The Morgan fingerprint density at radius 3 is 2.31 bits per heavy atom. The van der Waals surface area contributed by atoms with E-state index in [2.05, 4.69) is 0 Å². The summed E-state index contributed by atoms with van der Waals surface area (Å²) in [6.45, 7) is 4.86. The smallest absolute Gasteiger partial charge is 0.254 e. The molecule has 0 atom stereocenters. The molecule has 0 radical (unpaired) electrons. The lowest BCUT2D eigenvalue weighted by Gasteiger charge is -2.34. The van der Waals surface area contributed by atoms with Crippen LogP contribution < -0.4 is 0 Å². The minimum atomic E-state index is -3.76. The molecule has 0 spiro atoms. The van der Waals surface area contributed by atoms with Crippen LogP contribution in [0.15, 0.2) is 47.4 Å². The third-order valence-electron chi connectivity index (χ3n) is 4.79. The highest BCUT2D eigenvalue weighted by atomic mass is 32.2. The zero-order valence-corrected chi connectivity index (χ0v) is 15.6. The molecule has 1 aliphatic rings. The number of amides is 1. The van der Waals surface area contributed by atoms with Crippen molar-refractivity contribution in [1.82, 2.24) is 9.21 Å². The van der Waals surface area contributed by atoms with E-state index < -0.39 is 15.8 Å². The van der Waals surface area contributed by atoms with E-state index in [1.165, 1.54) is 22.5 Å². The van der Waals surface area contributed by atoms with Gasteiger partial charge < -0.3 is 4.90 Å². The molecule has 0 unspecified atom stereocenters. The van der Waals surface area contributed by atoms with Crippen LogP contribution >= 0.6 is 0 Å². The summed E-state index contributed by atoms with van der Waals surface area (Å²) < 4.78 is 39.9. The van der Waals surface area contributed by atoms with E-state index in [0.717, 1.165) is 17.2 Å². The summed E-state index contributed by atoms with van der Waals surface area (Å²) in [4.78, 5) is 14.4. The van der Waals surface area contributed by atoms with Crippen molar-refractivity contribution in [3.8, 4) is 0 Å². The molecule has 7 heteroatoms. The van der Waals surface area contributed by atoms with Crippen LogP contribution in [0.3, 0.4) is 0 Å². The molecule has 1 saturated heterocycles. The second-order valence-electron chi connectivity index (χ2n) is 6.40. The van der Waals surface area contributed by atoms with Gasteiger partial charge in [-0.1, -0.05) is 18.2 Å². The fourth-order valence-electron chi connectivity index (χ4n) is 3.06. The molecular formula is C19H21FN2O3S. The Hall–Kier alpha value is -2.25. The number of nitrogens with zero attached hydrogens (tertiary/aromatic N) is 2. The first-order valence-corrected chi connectivity index (χ1v) is 9.86. The molecule has 0 saturated carbocycles. The fraction of sp³-hybridized carbons (Fsp3) is 0.316. The Bertz CT molecular complexity index is 936. The highest BCUT2D eigenvalue weighted by Crippen LogP contribution is 2.20. The molecule has 5 nitrogen and oxygen atoms in total. The molecular weight excluding hydrogens is 355 g/mol. The third-order valence-corrected chi connectivity index (χ3v) is 6.69. The number of hydrogen-bond donors (Lipinski definition) is 0. The summed E-state index contributed by atoms with van der Waals surface area (Å²) in [7, 11) is -3.76. The average Bonchev–Trinajstić information content (AvgIpc) is 2.63. The van der Waals surface area contributed by atoms with E-state index in [4.69, 9.17) is 0 Å². The molecule has 2 aromatic rings. The number of benzene rings is 2. The summed E-state index contributed by atoms with van der Waals surface area (Å²) in [5.74, 6) is -0.677. The van der Waals surface area contributed by atoms with E-state index >= 15 is 0 Å². The molecule has 1 amide bonds. The number of carbonyl (C=O) groups is 1. The predicted octanol–water partition coefficient (Wildman–Crippen LogP) is 2.59. The normalized spacial score (nSPS) is 15.9. The van der Waals surface area contributed by atoms with Crippen molar-refractivity contribution in [3.63, 3.8) is 0 Å². The highest BCUT2D eigenvalue weighted by molar-refractivity contribution is 7.89. The maximum Gasteiger partial charge on any atom is 0.254 e. The Morgan fingerprint density at radius 2 is 1.65 bits per heavy atom. The first kappa shape index (κ1) is 18.5. The van der Waals surface area contributed by atoms with Gasteiger partial charge in [0.2, 0.25) is 10.0 Å². The van der Waals surface area contributed by atoms with E-state index in [1.54, 1.807) is 11.0 Å². The Labute approximate surface area is 153 Å². The number of rotatable bonds is 3. The minimum Gasteiger partial charge on any atom is -0.336 e. The molecule has 1 heterocycles. The van der Waals surface area contributed by atoms with Gasteiger partial charge in [0.15, 0.2) is 0 Å². The summed E-state index contributed by atoms with van der Waals surface area (Å²) >= 11 is 0. The van der Waals surface area contributed by atoms with Gasteiger partial charge in [-0.15, -0.1) is 0 Å². The zero-order valence-electron chi connectivity index (χ0n) is 14.8. The van der Waals surface area contributed by atoms with Crippen molar-refractivity contribution < 1.29 is 17.6 Å². The van der Waals surface area contributed by atoms with Crippen molar-refractivity contribution in [2.24, 2.45) is 0 Å². The lowest BCUT2D eigenvalue weighted by Crippen LogP contribution is -2.50. The maximum absolute atomic E-state index is 13.4. The lowest BCUT2D eigenvalue weighted by molar-refractivity contribution is 0.0697. The van der Waals surface area contributed by atoms with Crippen LogP contribution in [-0.4, -0.2) is 49.7 Å². The van der Waals surface area contributed by atoms with Crippen molar-refractivity contribution in [1.29, 1.82) is 0 Å². The number of carbonyl (C=O) groups excluding carboxylic acids is 1. The summed E-state index contributed by atoms with van der Waals surface area (Å²) in [5, 5.41) is 0. The van der Waals surface area contributed by atoms with Crippen molar-refractivity contribution in [3.05, 3.63) is 65.0 Å².